The highest BCUT2D eigenvalue weighted by atomic mass is 32.2. The Labute approximate surface area is 117 Å². The number of nitrogens with zero attached hydrogens (tertiary/aromatic N) is 1. The van der Waals surface area contributed by atoms with Crippen LogP contribution in [0.25, 0.3) is 0 Å². The molecule has 1 atom stereocenters. The lowest BCUT2D eigenvalue weighted by atomic mass is 10.2. The summed E-state index contributed by atoms with van der Waals surface area (Å²) in [5, 5.41) is 0. The lowest BCUT2D eigenvalue weighted by molar-refractivity contribution is -0.129. The Morgan fingerprint density at radius 2 is 2.00 bits per heavy atom. The van der Waals surface area contributed by atoms with Gasteiger partial charge in [0.25, 0.3) is 0 Å². The number of carbonyl (C=O) groups is 1. The number of amides is 1. The Bertz CT molecular complexity index is 409. The van der Waals surface area contributed by atoms with Gasteiger partial charge in [-0.15, -0.1) is 0 Å². The Kier molecular flexibility index (Phi) is 7.36. The molecule has 1 aromatic rings. The second-order valence-corrected chi connectivity index (χ2v) is 6.06. The zero-order valence-corrected chi connectivity index (χ0v) is 12.2. The third-order valence-corrected chi connectivity index (χ3v) is 4.15. The molecule has 0 bridgehead atoms. The van der Waals surface area contributed by atoms with Crippen LogP contribution in [-0.2, 0) is 21.3 Å². The maximum Gasteiger partial charge on any atom is 0.223 e. The van der Waals surface area contributed by atoms with E-state index in [0.29, 0.717) is 31.0 Å². The Balaban J connectivity index is 2.28. The minimum Gasteiger partial charge on any atom is -0.346 e. The van der Waals surface area contributed by atoms with Crippen LogP contribution in [-0.4, -0.2) is 40.9 Å². The molecule has 1 rings (SSSR count). The van der Waals surface area contributed by atoms with E-state index in [-0.39, 0.29) is 5.91 Å². The molecule has 5 heteroatoms. The van der Waals surface area contributed by atoms with Gasteiger partial charge in [-0.1, -0.05) is 30.3 Å². The average molecular weight is 282 g/mol. The molecule has 0 spiro atoms. The van der Waals surface area contributed by atoms with Gasteiger partial charge in [0.05, 0.1) is 0 Å². The third kappa shape index (κ3) is 6.50. The molecule has 1 aromatic carbocycles. The molecule has 0 fully saturated rings. The number of hydrogen-bond acceptors (Lipinski definition) is 3. The molecule has 19 heavy (non-hydrogen) atoms. The van der Waals surface area contributed by atoms with Crippen molar-refractivity contribution in [3.8, 4) is 0 Å². The van der Waals surface area contributed by atoms with Crippen LogP contribution in [0.15, 0.2) is 30.3 Å². The van der Waals surface area contributed by atoms with E-state index in [1.807, 2.05) is 30.3 Å². The number of rotatable bonds is 8. The van der Waals surface area contributed by atoms with Gasteiger partial charge in [-0.2, -0.15) is 0 Å². The Hall–Kier alpha value is -1.20. The largest absolute Gasteiger partial charge is 0.346 e. The third-order valence-electron chi connectivity index (χ3n) is 2.84. The molecule has 1 amide bonds. The van der Waals surface area contributed by atoms with Crippen molar-refractivity contribution in [1.82, 2.24) is 4.90 Å². The van der Waals surface area contributed by atoms with Gasteiger partial charge >= 0.3 is 0 Å². The molecular weight excluding hydrogens is 260 g/mol. The summed E-state index contributed by atoms with van der Waals surface area (Å²) in [6.45, 7) is 1.25. The number of carbonyl (C=O) groups excluding carboxylic acids is 1. The van der Waals surface area contributed by atoms with Crippen molar-refractivity contribution in [3.05, 3.63) is 35.9 Å². The number of nitrogens with two attached hydrogens (primary N) is 1. The molecule has 1 unspecified atom stereocenters. The van der Waals surface area contributed by atoms with Crippen LogP contribution >= 0.6 is 0 Å². The molecule has 0 aromatic heterocycles. The zero-order valence-electron chi connectivity index (χ0n) is 11.4. The van der Waals surface area contributed by atoms with E-state index in [0.717, 1.165) is 12.0 Å². The minimum absolute atomic E-state index is 0.0369. The fourth-order valence-corrected chi connectivity index (χ4v) is 2.79. The first kappa shape index (κ1) is 15.9. The standard InChI is InChI=1S/C14H22N2O2S/c1-16(10-5-9-15)14(17)8-11-19(18)12-13-6-3-2-4-7-13/h2-4,6-7H,5,8-12,15H2,1H3. The first-order valence-electron chi connectivity index (χ1n) is 6.46. The lowest BCUT2D eigenvalue weighted by Crippen LogP contribution is -2.29. The molecular formula is C14H22N2O2S. The minimum atomic E-state index is -0.986. The van der Waals surface area contributed by atoms with Crippen molar-refractivity contribution in [2.45, 2.75) is 18.6 Å². The zero-order chi connectivity index (χ0) is 14.1. The van der Waals surface area contributed by atoms with Gasteiger partial charge in [0.2, 0.25) is 5.91 Å². The van der Waals surface area contributed by atoms with Crippen LogP contribution in [0.1, 0.15) is 18.4 Å². The summed E-state index contributed by atoms with van der Waals surface area (Å²) in [5.41, 5.74) is 6.44. The summed E-state index contributed by atoms with van der Waals surface area (Å²) in [6.07, 6.45) is 1.13. The normalized spacial score (nSPS) is 12.1. The molecule has 0 saturated heterocycles. The van der Waals surface area contributed by atoms with Gasteiger partial charge in [0.1, 0.15) is 0 Å². The summed E-state index contributed by atoms with van der Waals surface area (Å²) < 4.78 is 11.9. The molecule has 106 valence electrons. The molecule has 0 saturated carbocycles. The van der Waals surface area contributed by atoms with E-state index in [1.54, 1.807) is 11.9 Å². The quantitative estimate of drug-likeness (QED) is 0.777. The van der Waals surface area contributed by atoms with Gasteiger partial charge in [-0.05, 0) is 18.5 Å². The first-order chi connectivity index (χ1) is 9.13. The summed E-state index contributed by atoms with van der Waals surface area (Å²) in [7, 11) is 0.776. The molecule has 2 N–H and O–H groups in total. The van der Waals surface area contributed by atoms with E-state index in [2.05, 4.69) is 0 Å². The van der Waals surface area contributed by atoms with Crippen molar-refractivity contribution in [1.29, 1.82) is 0 Å². The predicted octanol–water partition coefficient (Wildman–Crippen LogP) is 1.13. The summed E-state index contributed by atoms with van der Waals surface area (Å²) in [5.74, 6) is 0.969. The monoisotopic (exact) mass is 282 g/mol. The molecule has 0 aliphatic carbocycles. The smallest absolute Gasteiger partial charge is 0.223 e. The van der Waals surface area contributed by atoms with Crippen LogP contribution < -0.4 is 5.73 Å². The Morgan fingerprint density at radius 1 is 1.32 bits per heavy atom. The van der Waals surface area contributed by atoms with Gasteiger partial charge in [-0.3, -0.25) is 9.00 Å². The maximum atomic E-state index is 11.9. The highest BCUT2D eigenvalue weighted by Crippen LogP contribution is 2.04. The SMILES string of the molecule is CN(CCCN)C(=O)CCS(=O)Cc1ccccc1. The van der Waals surface area contributed by atoms with Gasteiger partial charge in [0.15, 0.2) is 0 Å². The predicted molar refractivity (Wildman–Crippen MR) is 79.1 cm³/mol. The molecule has 0 heterocycles. The van der Waals surface area contributed by atoms with Gasteiger partial charge < -0.3 is 10.6 Å². The van der Waals surface area contributed by atoms with E-state index < -0.39 is 10.8 Å². The van der Waals surface area contributed by atoms with Crippen molar-refractivity contribution in [2.24, 2.45) is 5.73 Å². The van der Waals surface area contributed by atoms with E-state index in [9.17, 15) is 9.00 Å². The van der Waals surface area contributed by atoms with Gasteiger partial charge in [0, 0.05) is 42.3 Å². The molecule has 0 aliphatic rings. The van der Waals surface area contributed by atoms with E-state index in [4.69, 9.17) is 5.73 Å². The second kappa shape index (κ2) is 8.82. The topological polar surface area (TPSA) is 63.4 Å². The second-order valence-electron chi connectivity index (χ2n) is 4.48. The summed E-state index contributed by atoms with van der Waals surface area (Å²) in [4.78, 5) is 13.4. The fraction of sp³-hybridized carbons (Fsp3) is 0.500. The number of benzene rings is 1. The lowest BCUT2D eigenvalue weighted by Gasteiger charge is -2.16. The van der Waals surface area contributed by atoms with Crippen LogP contribution in [0.4, 0.5) is 0 Å². The van der Waals surface area contributed by atoms with Crippen LogP contribution in [0.3, 0.4) is 0 Å². The first-order valence-corrected chi connectivity index (χ1v) is 7.95. The fourth-order valence-electron chi connectivity index (χ4n) is 1.68. The summed E-state index contributed by atoms with van der Waals surface area (Å²) >= 11 is 0. The van der Waals surface area contributed by atoms with Crippen molar-refractivity contribution >= 4 is 16.7 Å². The maximum absolute atomic E-state index is 11.9. The summed E-state index contributed by atoms with van der Waals surface area (Å²) in [6, 6.07) is 9.69. The highest BCUT2D eigenvalue weighted by Gasteiger charge is 2.10. The van der Waals surface area contributed by atoms with Gasteiger partial charge in [-0.25, -0.2) is 0 Å². The molecule has 0 radical (unpaired) electrons. The van der Waals surface area contributed by atoms with Crippen LogP contribution in [0.5, 0.6) is 0 Å². The molecule has 0 aliphatic heterocycles. The molecule has 4 nitrogen and oxygen atoms in total. The highest BCUT2D eigenvalue weighted by molar-refractivity contribution is 7.84. The van der Waals surface area contributed by atoms with Crippen molar-refractivity contribution in [2.75, 3.05) is 25.9 Å². The van der Waals surface area contributed by atoms with Crippen LogP contribution in [0.2, 0.25) is 0 Å². The average Bonchev–Trinajstić information content (AvgIpc) is 2.43. The van der Waals surface area contributed by atoms with Crippen LogP contribution in [0, 0.1) is 0 Å². The number of hydrogen-bond donors (Lipinski definition) is 1. The van der Waals surface area contributed by atoms with E-state index >= 15 is 0 Å². The van der Waals surface area contributed by atoms with Crippen molar-refractivity contribution < 1.29 is 9.00 Å². The Morgan fingerprint density at radius 3 is 2.63 bits per heavy atom. The van der Waals surface area contributed by atoms with E-state index in [1.165, 1.54) is 0 Å². The van der Waals surface area contributed by atoms with Crippen molar-refractivity contribution in [3.63, 3.8) is 0 Å².